The Labute approximate surface area is 222 Å². The number of amides is 1. The monoisotopic (exact) mass is 527 g/mol. The van der Waals surface area contributed by atoms with Crippen molar-refractivity contribution in [3.63, 3.8) is 0 Å². The topological polar surface area (TPSA) is 77.7 Å². The van der Waals surface area contributed by atoms with Gasteiger partial charge in [0.25, 0.3) is 0 Å². The number of aryl methyl sites for hydroxylation is 1. The number of hydrogen-bond acceptors (Lipinski definition) is 6. The van der Waals surface area contributed by atoms with Crippen LogP contribution in [-0.4, -0.2) is 42.4 Å². The van der Waals surface area contributed by atoms with Crippen LogP contribution in [0.4, 0.5) is 14.5 Å². The van der Waals surface area contributed by atoms with Gasteiger partial charge < -0.3 is 18.9 Å². The first kappa shape index (κ1) is 27.7. The van der Waals surface area contributed by atoms with Gasteiger partial charge in [-0.3, -0.25) is 4.79 Å². The van der Waals surface area contributed by atoms with Gasteiger partial charge in [-0.1, -0.05) is 56.6 Å². The minimum Gasteiger partial charge on any atom is -0.435 e. The predicted octanol–water partition coefficient (Wildman–Crippen LogP) is 6.42. The second-order valence-corrected chi connectivity index (χ2v) is 11.0. The SMILES string of the molecule is CC1(C(=O)N(CCCCCc2noc(C(C)(C)C)n2)c2cccc(-c3ccc(OC(F)F)cc3)c2)COC1. The molecule has 0 spiro atoms. The first-order valence-corrected chi connectivity index (χ1v) is 12.9. The normalized spacial score (nSPS) is 14.8. The minimum absolute atomic E-state index is 0.0366. The zero-order valence-corrected chi connectivity index (χ0v) is 22.4. The van der Waals surface area contributed by atoms with E-state index in [9.17, 15) is 13.6 Å². The van der Waals surface area contributed by atoms with Crippen LogP contribution in [-0.2, 0) is 21.4 Å². The lowest BCUT2D eigenvalue weighted by Crippen LogP contribution is -2.53. The third kappa shape index (κ3) is 6.75. The molecule has 0 atom stereocenters. The van der Waals surface area contributed by atoms with E-state index in [0.29, 0.717) is 31.5 Å². The molecular weight excluding hydrogens is 492 g/mol. The molecule has 0 bridgehead atoms. The Morgan fingerprint density at radius 1 is 1.08 bits per heavy atom. The van der Waals surface area contributed by atoms with Crippen LogP contribution in [0, 0.1) is 5.41 Å². The molecule has 0 aliphatic carbocycles. The molecule has 3 aromatic rings. The van der Waals surface area contributed by atoms with Crippen LogP contribution in [0.3, 0.4) is 0 Å². The fourth-order valence-electron chi connectivity index (χ4n) is 4.28. The van der Waals surface area contributed by atoms with Crippen molar-refractivity contribution >= 4 is 11.6 Å². The molecule has 1 aliphatic heterocycles. The average molecular weight is 528 g/mol. The lowest BCUT2D eigenvalue weighted by molar-refractivity contribution is -0.154. The van der Waals surface area contributed by atoms with Crippen LogP contribution < -0.4 is 9.64 Å². The zero-order chi connectivity index (χ0) is 27.3. The molecule has 204 valence electrons. The van der Waals surface area contributed by atoms with Gasteiger partial charge in [-0.05, 0) is 55.2 Å². The van der Waals surface area contributed by atoms with E-state index in [1.165, 1.54) is 12.1 Å². The van der Waals surface area contributed by atoms with Crippen molar-refractivity contribution in [1.29, 1.82) is 0 Å². The molecule has 1 aromatic heterocycles. The summed E-state index contributed by atoms with van der Waals surface area (Å²) in [5.41, 5.74) is 1.79. The number of anilines is 1. The van der Waals surface area contributed by atoms with Crippen LogP contribution >= 0.6 is 0 Å². The number of nitrogens with zero attached hydrogens (tertiary/aromatic N) is 3. The number of carbonyl (C=O) groups is 1. The summed E-state index contributed by atoms with van der Waals surface area (Å²) in [5, 5.41) is 4.09. The average Bonchev–Trinajstić information content (AvgIpc) is 3.34. The number of unbranched alkanes of at least 4 members (excludes halogenated alkanes) is 2. The first-order valence-electron chi connectivity index (χ1n) is 12.9. The number of halogens is 2. The summed E-state index contributed by atoms with van der Waals surface area (Å²) in [6.07, 6.45) is 3.33. The third-order valence-corrected chi connectivity index (χ3v) is 6.57. The highest BCUT2D eigenvalue weighted by atomic mass is 19.3. The minimum atomic E-state index is -2.87. The van der Waals surface area contributed by atoms with Gasteiger partial charge in [0, 0.05) is 24.1 Å². The number of carbonyl (C=O) groups excluding carboxylic acids is 1. The largest absolute Gasteiger partial charge is 0.435 e. The summed E-state index contributed by atoms with van der Waals surface area (Å²) >= 11 is 0. The van der Waals surface area contributed by atoms with E-state index < -0.39 is 12.0 Å². The molecule has 0 radical (unpaired) electrons. The Kier molecular flexibility index (Phi) is 8.45. The van der Waals surface area contributed by atoms with E-state index in [-0.39, 0.29) is 17.1 Å². The molecule has 0 unspecified atom stereocenters. The summed E-state index contributed by atoms with van der Waals surface area (Å²) in [6, 6.07) is 14.2. The van der Waals surface area contributed by atoms with Crippen molar-refractivity contribution in [2.45, 2.75) is 65.4 Å². The molecule has 1 fully saturated rings. The van der Waals surface area contributed by atoms with Gasteiger partial charge in [-0.25, -0.2) is 0 Å². The molecule has 7 nitrogen and oxygen atoms in total. The number of rotatable bonds is 11. The fraction of sp³-hybridized carbons (Fsp3) is 0.483. The molecule has 1 amide bonds. The Hall–Kier alpha value is -3.33. The van der Waals surface area contributed by atoms with Crippen LogP contribution in [0.1, 0.15) is 58.7 Å². The van der Waals surface area contributed by atoms with Crippen LogP contribution in [0.25, 0.3) is 11.1 Å². The van der Waals surface area contributed by atoms with Crippen molar-refractivity contribution in [3.05, 3.63) is 60.2 Å². The van der Waals surface area contributed by atoms with E-state index in [4.69, 9.17) is 9.26 Å². The molecule has 0 N–H and O–H groups in total. The maximum absolute atomic E-state index is 13.6. The lowest BCUT2D eigenvalue weighted by atomic mass is 9.86. The number of alkyl halides is 2. The molecule has 9 heteroatoms. The van der Waals surface area contributed by atoms with Crippen molar-refractivity contribution in [2.75, 3.05) is 24.7 Å². The second kappa shape index (κ2) is 11.6. The summed E-state index contributed by atoms with van der Waals surface area (Å²) in [7, 11) is 0. The summed E-state index contributed by atoms with van der Waals surface area (Å²) < 4.78 is 40.2. The van der Waals surface area contributed by atoms with E-state index >= 15 is 0 Å². The smallest absolute Gasteiger partial charge is 0.387 e. The maximum atomic E-state index is 13.6. The Morgan fingerprint density at radius 2 is 1.82 bits per heavy atom. The van der Waals surface area contributed by atoms with Gasteiger partial charge in [0.2, 0.25) is 11.8 Å². The van der Waals surface area contributed by atoms with E-state index in [1.807, 2.05) is 56.9 Å². The molecule has 1 saturated heterocycles. The summed E-state index contributed by atoms with van der Waals surface area (Å²) in [4.78, 5) is 19.9. The second-order valence-electron chi connectivity index (χ2n) is 11.0. The number of ether oxygens (including phenoxy) is 2. The molecule has 1 aliphatic rings. The van der Waals surface area contributed by atoms with E-state index in [2.05, 4.69) is 14.9 Å². The standard InChI is InChI=1S/C29H35F2N3O4/c1-28(2,3)25-32-24(33-38-25)11-6-5-7-16-34(26(35)29(4)18-36-19-29)22-10-8-9-21(17-22)20-12-14-23(15-13-20)37-27(30)31/h8-10,12-15,17,27H,5-7,11,16,18-19H2,1-4H3. The first-order chi connectivity index (χ1) is 18.0. The number of hydrogen-bond donors (Lipinski definition) is 0. The molecule has 4 rings (SSSR count). The Morgan fingerprint density at radius 3 is 2.42 bits per heavy atom. The molecular formula is C29H35F2N3O4. The van der Waals surface area contributed by atoms with Crippen LogP contribution in [0.15, 0.2) is 53.1 Å². The highest BCUT2D eigenvalue weighted by molar-refractivity contribution is 5.98. The highest BCUT2D eigenvalue weighted by Gasteiger charge is 2.43. The maximum Gasteiger partial charge on any atom is 0.387 e. The number of benzene rings is 2. The quantitative estimate of drug-likeness (QED) is 0.268. The van der Waals surface area contributed by atoms with Crippen LogP contribution in [0.2, 0.25) is 0 Å². The molecule has 2 aromatic carbocycles. The van der Waals surface area contributed by atoms with Gasteiger partial charge in [-0.15, -0.1) is 0 Å². The van der Waals surface area contributed by atoms with Crippen molar-refractivity contribution in [2.24, 2.45) is 5.41 Å². The van der Waals surface area contributed by atoms with Crippen molar-refractivity contribution in [1.82, 2.24) is 10.1 Å². The van der Waals surface area contributed by atoms with E-state index in [1.54, 1.807) is 12.1 Å². The Balaban J connectivity index is 1.42. The van der Waals surface area contributed by atoms with Gasteiger partial charge in [0.1, 0.15) is 5.75 Å². The van der Waals surface area contributed by atoms with E-state index in [0.717, 1.165) is 42.5 Å². The van der Waals surface area contributed by atoms with Gasteiger partial charge in [0.15, 0.2) is 5.82 Å². The summed E-state index contributed by atoms with van der Waals surface area (Å²) in [5.74, 6) is 1.48. The molecule has 0 saturated carbocycles. The fourth-order valence-corrected chi connectivity index (χ4v) is 4.28. The van der Waals surface area contributed by atoms with Gasteiger partial charge >= 0.3 is 6.61 Å². The highest BCUT2D eigenvalue weighted by Crippen LogP contribution is 2.33. The van der Waals surface area contributed by atoms with Gasteiger partial charge in [-0.2, -0.15) is 13.8 Å². The number of aromatic nitrogens is 2. The lowest BCUT2D eigenvalue weighted by Gasteiger charge is -2.40. The summed E-state index contributed by atoms with van der Waals surface area (Å²) in [6.45, 7) is 6.55. The molecule has 38 heavy (non-hydrogen) atoms. The van der Waals surface area contributed by atoms with Crippen molar-refractivity contribution < 1.29 is 27.6 Å². The van der Waals surface area contributed by atoms with Crippen molar-refractivity contribution in [3.8, 4) is 16.9 Å². The van der Waals surface area contributed by atoms with Crippen LogP contribution in [0.5, 0.6) is 5.75 Å². The Bertz CT molecular complexity index is 1220. The zero-order valence-electron chi connectivity index (χ0n) is 22.4. The third-order valence-electron chi connectivity index (χ3n) is 6.57. The molecule has 2 heterocycles. The van der Waals surface area contributed by atoms with Gasteiger partial charge in [0.05, 0.1) is 18.6 Å². The predicted molar refractivity (Wildman–Crippen MR) is 140 cm³/mol.